The van der Waals surface area contributed by atoms with Gasteiger partial charge in [0, 0.05) is 25.2 Å². The summed E-state index contributed by atoms with van der Waals surface area (Å²) in [6, 6.07) is 25.4. The zero-order valence-electron chi connectivity index (χ0n) is 27.9. The van der Waals surface area contributed by atoms with Crippen LogP contribution in [0.3, 0.4) is 0 Å². The maximum absolute atomic E-state index is 14.5. The van der Waals surface area contributed by atoms with Gasteiger partial charge in [-0.25, -0.2) is 4.79 Å². The molecule has 0 aliphatic rings. The van der Waals surface area contributed by atoms with Gasteiger partial charge >= 0.3 is 13.9 Å². The average molecular weight is 661 g/mol. The van der Waals surface area contributed by atoms with Crippen molar-refractivity contribution in [1.82, 2.24) is 9.88 Å². The number of likely N-dealkylation sites (N-methyl/N-ethyl adjacent to an activating group) is 1. The summed E-state index contributed by atoms with van der Waals surface area (Å²) in [5.41, 5.74) is 3.06. The number of rotatable bonds is 14. The van der Waals surface area contributed by atoms with Crippen LogP contribution in [0.5, 0.6) is 0 Å². The minimum absolute atomic E-state index is 0.0656. The molecule has 0 bridgehead atoms. The Morgan fingerprint density at radius 1 is 0.915 bits per heavy atom. The number of nitro groups is 1. The molecule has 1 N–H and O–H groups in total. The molecule has 0 aliphatic carbocycles. The van der Waals surface area contributed by atoms with Crippen molar-refractivity contribution in [2.45, 2.75) is 66.4 Å². The second-order valence-corrected chi connectivity index (χ2v) is 13.9. The largest absolute Gasteiger partial charge is 0.452 e. The Hall–Kier alpha value is -4.05. The Bertz CT molecular complexity index is 1670. The molecule has 1 unspecified atom stereocenters. The van der Waals surface area contributed by atoms with Crippen molar-refractivity contribution in [1.29, 1.82) is 0 Å². The highest BCUT2D eigenvalue weighted by molar-refractivity contribution is 7.69. The SMILES string of the molecule is Cc1nc(C)c([P+](O)(OC(C)C)OC(C)C)c(-c2cccc([N+](=O)[O-])c2)c1C(=O)OC(CN(C)Cc1ccccc1)c1ccccc1. The van der Waals surface area contributed by atoms with Crippen molar-refractivity contribution in [3.63, 3.8) is 0 Å². The number of aryl methyl sites for hydroxylation is 2. The number of aromatic nitrogens is 1. The molecule has 0 fully saturated rings. The topological polar surface area (TPSA) is 124 Å². The third-order valence-corrected chi connectivity index (χ3v) is 9.79. The summed E-state index contributed by atoms with van der Waals surface area (Å²) in [4.78, 5) is 44.7. The number of carbonyl (C=O) groups excluding carboxylic acids is 1. The van der Waals surface area contributed by atoms with Crippen molar-refractivity contribution in [3.8, 4) is 11.1 Å². The molecule has 0 amide bonds. The number of ether oxygens (including phenoxy) is 1. The lowest BCUT2D eigenvalue weighted by atomic mass is 9.97. The Balaban J connectivity index is 1.89. The molecule has 1 heterocycles. The predicted molar refractivity (Wildman–Crippen MR) is 184 cm³/mol. The number of carbonyl (C=O) groups is 1. The fourth-order valence-corrected chi connectivity index (χ4v) is 7.89. The van der Waals surface area contributed by atoms with Gasteiger partial charge in [0.05, 0.1) is 27.4 Å². The molecule has 10 nitrogen and oxygen atoms in total. The van der Waals surface area contributed by atoms with Crippen LogP contribution in [-0.2, 0) is 20.3 Å². The van der Waals surface area contributed by atoms with E-state index in [1.807, 2.05) is 67.7 Å². The maximum atomic E-state index is 14.5. The van der Waals surface area contributed by atoms with E-state index in [9.17, 15) is 19.8 Å². The van der Waals surface area contributed by atoms with Gasteiger partial charge in [-0.15, -0.1) is 0 Å². The third-order valence-electron chi connectivity index (χ3n) is 7.26. The number of hydrogen-bond acceptors (Lipinski definition) is 9. The van der Waals surface area contributed by atoms with E-state index in [1.165, 1.54) is 18.2 Å². The summed E-state index contributed by atoms with van der Waals surface area (Å²) in [5.74, 6) is -0.694. The molecule has 3 aromatic carbocycles. The number of benzene rings is 3. The van der Waals surface area contributed by atoms with Gasteiger partial charge in [-0.1, -0.05) is 72.8 Å². The second kappa shape index (κ2) is 15.7. The highest BCUT2D eigenvalue weighted by Crippen LogP contribution is 2.60. The van der Waals surface area contributed by atoms with Gasteiger partial charge in [0.2, 0.25) is 5.30 Å². The van der Waals surface area contributed by atoms with E-state index in [4.69, 9.17) is 13.8 Å². The first kappa shape index (κ1) is 35.8. The smallest absolute Gasteiger partial charge is 0.449 e. The second-order valence-electron chi connectivity index (χ2n) is 12.0. The van der Waals surface area contributed by atoms with Gasteiger partial charge in [0.1, 0.15) is 18.3 Å². The van der Waals surface area contributed by atoms with E-state index in [0.29, 0.717) is 30.0 Å². The van der Waals surface area contributed by atoms with Gasteiger partial charge < -0.3 is 4.74 Å². The van der Waals surface area contributed by atoms with Crippen molar-refractivity contribution >= 4 is 24.9 Å². The highest BCUT2D eigenvalue weighted by atomic mass is 31.2. The molecule has 4 rings (SSSR count). The quantitative estimate of drug-likeness (QED) is 0.0632. The summed E-state index contributed by atoms with van der Waals surface area (Å²) in [6.45, 7) is 11.5. The van der Waals surface area contributed by atoms with E-state index >= 15 is 0 Å². The minimum atomic E-state index is -3.90. The lowest BCUT2D eigenvalue weighted by Gasteiger charge is -2.27. The normalized spacial score (nSPS) is 12.5. The molecule has 0 radical (unpaired) electrons. The van der Waals surface area contributed by atoms with Crippen molar-refractivity contribution in [2.75, 3.05) is 13.6 Å². The first-order valence-corrected chi connectivity index (χ1v) is 17.1. The molecule has 1 atom stereocenters. The zero-order chi connectivity index (χ0) is 34.3. The number of pyridine rings is 1. The van der Waals surface area contributed by atoms with E-state index < -0.39 is 37.1 Å². The van der Waals surface area contributed by atoms with E-state index in [2.05, 4.69) is 9.88 Å². The number of nitrogens with zero attached hydrogens (tertiary/aromatic N) is 3. The summed E-state index contributed by atoms with van der Waals surface area (Å²) in [6.07, 6.45) is -1.58. The van der Waals surface area contributed by atoms with Gasteiger partial charge in [-0.05, 0) is 65.3 Å². The third kappa shape index (κ3) is 9.06. The fourth-order valence-electron chi connectivity index (χ4n) is 5.50. The van der Waals surface area contributed by atoms with E-state index in [-0.39, 0.29) is 22.1 Å². The van der Waals surface area contributed by atoms with Gasteiger partial charge in [0.25, 0.3) is 5.69 Å². The van der Waals surface area contributed by atoms with Crippen LogP contribution in [0.15, 0.2) is 84.9 Å². The minimum Gasteiger partial charge on any atom is -0.452 e. The first-order chi connectivity index (χ1) is 22.3. The monoisotopic (exact) mass is 660 g/mol. The lowest BCUT2D eigenvalue weighted by molar-refractivity contribution is -0.384. The summed E-state index contributed by atoms with van der Waals surface area (Å²) < 4.78 is 18.5. The summed E-state index contributed by atoms with van der Waals surface area (Å²) in [7, 11) is -1.94. The van der Waals surface area contributed by atoms with Gasteiger partial charge in [-0.3, -0.25) is 20.0 Å². The molecule has 1 aromatic heterocycles. The predicted octanol–water partition coefficient (Wildman–Crippen LogP) is 7.53. The lowest BCUT2D eigenvalue weighted by Crippen LogP contribution is -2.30. The molecule has 0 saturated carbocycles. The van der Waals surface area contributed by atoms with Crippen molar-refractivity contribution < 1.29 is 28.4 Å². The Labute approximate surface area is 277 Å². The van der Waals surface area contributed by atoms with Crippen LogP contribution in [0, 0.1) is 24.0 Å². The maximum Gasteiger partial charge on any atom is 0.449 e. The Morgan fingerprint density at radius 3 is 2.09 bits per heavy atom. The molecular weight excluding hydrogens is 617 g/mol. The van der Waals surface area contributed by atoms with Crippen LogP contribution >= 0.6 is 7.94 Å². The van der Waals surface area contributed by atoms with Gasteiger partial charge in [0.15, 0.2) is 0 Å². The number of hydrogen-bond donors (Lipinski definition) is 1. The number of esters is 1. The van der Waals surface area contributed by atoms with Crippen LogP contribution < -0.4 is 5.30 Å². The number of nitro benzene ring substituents is 1. The molecule has 0 aliphatic heterocycles. The molecule has 4 aromatic rings. The molecule has 47 heavy (non-hydrogen) atoms. The molecule has 248 valence electrons. The molecular formula is C36H43N3O7P+. The van der Waals surface area contributed by atoms with Crippen LogP contribution in [-0.4, -0.2) is 51.5 Å². The van der Waals surface area contributed by atoms with Crippen LogP contribution in [0.1, 0.15) is 66.7 Å². The highest BCUT2D eigenvalue weighted by Gasteiger charge is 2.52. The number of non-ortho nitro benzene ring substituents is 1. The van der Waals surface area contributed by atoms with E-state index in [0.717, 1.165) is 11.1 Å². The standard InChI is InChI=1S/C36H43N3O7P/c1-24(2)45-47(43,46-25(3)4)35-27(6)37-26(5)33(34(35)30-19-14-20-31(21-30)39(41)42)36(40)44-32(29-17-12-9-13-18-29)23-38(7)22-28-15-10-8-11-16-28/h8-21,24-25,32,43H,22-23H2,1-7H3/q+1. The zero-order valence-corrected chi connectivity index (χ0v) is 28.8. The van der Waals surface area contributed by atoms with Crippen LogP contribution in [0.4, 0.5) is 5.69 Å². The van der Waals surface area contributed by atoms with Crippen molar-refractivity contribution in [3.05, 3.63) is 123 Å². The Kier molecular flexibility index (Phi) is 12.0. The fraction of sp³-hybridized carbons (Fsp3) is 0.333. The van der Waals surface area contributed by atoms with Crippen LogP contribution in [0.2, 0.25) is 0 Å². The first-order valence-electron chi connectivity index (χ1n) is 15.5. The summed E-state index contributed by atoms with van der Waals surface area (Å²) >= 11 is 0. The van der Waals surface area contributed by atoms with Gasteiger partial charge in [-0.2, -0.15) is 13.9 Å². The average Bonchev–Trinajstić information content (AvgIpc) is 3.00. The van der Waals surface area contributed by atoms with Crippen molar-refractivity contribution in [2.24, 2.45) is 0 Å². The molecule has 0 saturated heterocycles. The van der Waals surface area contributed by atoms with E-state index in [1.54, 1.807) is 47.6 Å². The molecule has 11 heteroatoms. The summed E-state index contributed by atoms with van der Waals surface area (Å²) in [5, 5.41) is 12.0. The van der Waals surface area contributed by atoms with Crippen LogP contribution in [0.25, 0.3) is 11.1 Å². The Morgan fingerprint density at radius 2 is 1.51 bits per heavy atom. The molecule has 0 spiro atoms.